The van der Waals surface area contributed by atoms with Crippen molar-refractivity contribution in [3.05, 3.63) is 65.0 Å². The quantitative estimate of drug-likeness (QED) is 0.848. The Hall–Kier alpha value is -2.48. The van der Waals surface area contributed by atoms with Crippen LogP contribution in [0, 0.1) is 28.8 Å². The fourth-order valence-electron chi connectivity index (χ4n) is 1.51. The first-order valence-electron chi connectivity index (χ1n) is 5.37. The second kappa shape index (κ2) is 5.44. The van der Waals surface area contributed by atoms with Crippen molar-refractivity contribution in [2.75, 3.05) is 0 Å². The molecule has 0 spiro atoms. The van der Waals surface area contributed by atoms with Crippen LogP contribution < -0.4 is 4.74 Å². The van der Waals surface area contributed by atoms with Gasteiger partial charge in [-0.15, -0.1) is 0 Å². The molecule has 0 N–H and O–H groups in total. The largest absolute Gasteiger partial charge is 0.486 e. The van der Waals surface area contributed by atoms with Crippen molar-refractivity contribution in [2.45, 2.75) is 6.61 Å². The molecule has 0 aliphatic heterocycles. The molecule has 0 unspecified atom stereocenters. The number of rotatable bonds is 3. The third kappa shape index (κ3) is 2.86. The normalized spacial score (nSPS) is 10.0. The first-order valence-corrected chi connectivity index (χ1v) is 5.37. The molecule has 2 nitrogen and oxygen atoms in total. The Morgan fingerprint density at radius 3 is 2.58 bits per heavy atom. The van der Waals surface area contributed by atoms with Crippen molar-refractivity contribution < 1.29 is 17.9 Å². The number of hydrogen-bond donors (Lipinski definition) is 0. The lowest BCUT2D eigenvalue weighted by Crippen LogP contribution is -2.01. The molecule has 0 bridgehead atoms. The zero-order valence-corrected chi connectivity index (χ0v) is 9.66. The van der Waals surface area contributed by atoms with E-state index >= 15 is 0 Å². The molecule has 0 saturated carbocycles. The average Bonchev–Trinajstić information content (AvgIpc) is 2.42. The molecule has 0 aliphatic rings. The minimum atomic E-state index is -1.13. The summed E-state index contributed by atoms with van der Waals surface area (Å²) in [6.45, 7) is -0.290. The van der Waals surface area contributed by atoms with Crippen LogP contribution in [0.5, 0.6) is 5.75 Å². The number of hydrogen-bond acceptors (Lipinski definition) is 2. The van der Waals surface area contributed by atoms with Crippen LogP contribution in [0.15, 0.2) is 36.4 Å². The minimum absolute atomic E-state index is 0.0997. The van der Waals surface area contributed by atoms with Crippen LogP contribution in [0.3, 0.4) is 0 Å². The molecule has 96 valence electrons. The average molecular weight is 263 g/mol. The van der Waals surface area contributed by atoms with Crippen LogP contribution in [0.2, 0.25) is 0 Å². The highest BCUT2D eigenvalue weighted by Gasteiger charge is 2.10. The van der Waals surface area contributed by atoms with E-state index in [2.05, 4.69) is 0 Å². The van der Waals surface area contributed by atoms with Gasteiger partial charge in [-0.1, -0.05) is 6.07 Å². The molecule has 2 rings (SSSR count). The Kier molecular flexibility index (Phi) is 3.71. The van der Waals surface area contributed by atoms with Crippen LogP contribution in [-0.4, -0.2) is 0 Å². The maximum atomic E-state index is 13.4. The predicted molar refractivity (Wildman–Crippen MR) is 61.8 cm³/mol. The summed E-state index contributed by atoms with van der Waals surface area (Å²) in [5.74, 6) is -3.04. The minimum Gasteiger partial charge on any atom is -0.486 e. The lowest BCUT2D eigenvalue weighted by atomic mass is 10.1. The molecule has 0 aliphatic carbocycles. The molecule has 0 fully saturated rings. The predicted octanol–water partition coefficient (Wildman–Crippen LogP) is 3.55. The van der Waals surface area contributed by atoms with Crippen LogP contribution in [-0.2, 0) is 6.61 Å². The van der Waals surface area contributed by atoms with E-state index in [4.69, 9.17) is 10.00 Å². The van der Waals surface area contributed by atoms with E-state index in [-0.39, 0.29) is 23.5 Å². The standard InChI is InChI=1S/C14H8F3NO/c15-11-5-4-9(7-18)6-10(11)8-19-13-3-1-2-12(16)14(13)17/h1-6H,8H2. The van der Waals surface area contributed by atoms with Gasteiger partial charge in [-0.3, -0.25) is 0 Å². The molecule has 0 amide bonds. The summed E-state index contributed by atoms with van der Waals surface area (Å²) in [7, 11) is 0. The third-order valence-corrected chi connectivity index (χ3v) is 2.47. The van der Waals surface area contributed by atoms with Gasteiger partial charge in [0.15, 0.2) is 11.6 Å². The molecule has 5 heteroatoms. The Morgan fingerprint density at radius 2 is 1.84 bits per heavy atom. The highest BCUT2D eigenvalue weighted by Crippen LogP contribution is 2.21. The molecule has 0 radical (unpaired) electrons. The monoisotopic (exact) mass is 263 g/mol. The molecule has 0 aromatic heterocycles. The molecule has 0 heterocycles. The van der Waals surface area contributed by atoms with Gasteiger partial charge >= 0.3 is 0 Å². The van der Waals surface area contributed by atoms with Gasteiger partial charge in [-0.2, -0.15) is 9.65 Å². The lowest BCUT2D eigenvalue weighted by Gasteiger charge is -2.08. The smallest absolute Gasteiger partial charge is 0.200 e. The van der Waals surface area contributed by atoms with Gasteiger partial charge in [0.2, 0.25) is 5.82 Å². The van der Waals surface area contributed by atoms with Crippen molar-refractivity contribution in [1.29, 1.82) is 5.26 Å². The molecule has 2 aromatic rings. The molecule has 2 aromatic carbocycles. The summed E-state index contributed by atoms with van der Waals surface area (Å²) in [5.41, 5.74) is 0.363. The van der Waals surface area contributed by atoms with Gasteiger partial charge < -0.3 is 4.74 Å². The number of nitriles is 1. The van der Waals surface area contributed by atoms with E-state index in [0.717, 1.165) is 12.1 Å². The van der Waals surface area contributed by atoms with Crippen molar-refractivity contribution in [3.63, 3.8) is 0 Å². The summed E-state index contributed by atoms with van der Waals surface area (Å²) in [6.07, 6.45) is 0. The van der Waals surface area contributed by atoms with Gasteiger partial charge in [0.1, 0.15) is 12.4 Å². The molecular weight excluding hydrogens is 255 g/mol. The molecule has 0 saturated heterocycles. The number of halogens is 3. The SMILES string of the molecule is N#Cc1ccc(F)c(COc2cccc(F)c2F)c1. The zero-order valence-electron chi connectivity index (χ0n) is 9.66. The van der Waals surface area contributed by atoms with Crippen LogP contribution in [0.1, 0.15) is 11.1 Å². The van der Waals surface area contributed by atoms with E-state index in [1.807, 2.05) is 6.07 Å². The van der Waals surface area contributed by atoms with Crippen LogP contribution in [0.25, 0.3) is 0 Å². The van der Waals surface area contributed by atoms with Crippen molar-refractivity contribution in [2.24, 2.45) is 0 Å². The lowest BCUT2D eigenvalue weighted by molar-refractivity contribution is 0.279. The van der Waals surface area contributed by atoms with E-state index in [1.54, 1.807) is 0 Å². The fraction of sp³-hybridized carbons (Fsp3) is 0.0714. The van der Waals surface area contributed by atoms with Crippen LogP contribution >= 0.6 is 0 Å². The third-order valence-electron chi connectivity index (χ3n) is 2.47. The molecular formula is C14H8F3NO. The van der Waals surface area contributed by atoms with E-state index in [0.29, 0.717) is 0 Å². The van der Waals surface area contributed by atoms with Gasteiger partial charge in [0, 0.05) is 5.56 Å². The Morgan fingerprint density at radius 1 is 1.05 bits per heavy atom. The first kappa shape index (κ1) is 13.0. The second-order valence-electron chi connectivity index (χ2n) is 3.76. The second-order valence-corrected chi connectivity index (χ2v) is 3.76. The number of nitrogens with zero attached hydrogens (tertiary/aromatic N) is 1. The first-order chi connectivity index (χ1) is 9.11. The molecule has 19 heavy (non-hydrogen) atoms. The maximum absolute atomic E-state index is 13.4. The van der Waals surface area contributed by atoms with Gasteiger partial charge in [0.25, 0.3) is 0 Å². The fourth-order valence-corrected chi connectivity index (χ4v) is 1.51. The van der Waals surface area contributed by atoms with E-state index in [9.17, 15) is 13.2 Å². The Balaban J connectivity index is 2.19. The van der Waals surface area contributed by atoms with Gasteiger partial charge in [-0.25, -0.2) is 8.78 Å². The highest BCUT2D eigenvalue weighted by molar-refractivity contribution is 5.34. The van der Waals surface area contributed by atoms with Crippen molar-refractivity contribution in [3.8, 4) is 11.8 Å². The highest BCUT2D eigenvalue weighted by atomic mass is 19.2. The summed E-state index contributed by atoms with van der Waals surface area (Å²) in [4.78, 5) is 0. The summed E-state index contributed by atoms with van der Waals surface area (Å²) >= 11 is 0. The van der Waals surface area contributed by atoms with E-state index < -0.39 is 17.5 Å². The summed E-state index contributed by atoms with van der Waals surface area (Å²) < 4.78 is 44.7. The van der Waals surface area contributed by atoms with Gasteiger partial charge in [0.05, 0.1) is 11.6 Å². The Bertz CT molecular complexity index is 650. The van der Waals surface area contributed by atoms with Crippen LogP contribution in [0.4, 0.5) is 13.2 Å². The zero-order chi connectivity index (χ0) is 13.8. The maximum Gasteiger partial charge on any atom is 0.200 e. The molecule has 0 atom stereocenters. The van der Waals surface area contributed by atoms with Crippen molar-refractivity contribution >= 4 is 0 Å². The number of ether oxygens (including phenoxy) is 1. The topological polar surface area (TPSA) is 33.0 Å². The van der Waals surface area contributed by atoms with E-state index in [1.165, 1.54) is 24.3 Å². The van der Waals surface area contributed by atoms with Crippen molar-refractivity contribution in [1.82, 2.24) is 0 Å². The number of benzene rings is 2. The Labute approximate surface area is 107 Å². The summed E-state index contributed by atoms with van der Waals surface area (Å²) in [6, 6.07) is 9.09. The van der Waals surface area contributed by atoms with Gasteiger partial charge in [-0.05, 0) is 30.3 Å². The summed E-state index contributed by atoms with van der Waals surface area (Å²) in [5, 5.41) is 8.70.